The molecule has 11 heteroatoms. The number of rotatable bonds is 8. The molecule has 1 saturated heterocycles. The van der Waals surface area contributed by atoms with E-state index in [0.717, 1.165) is 0 Å². The minimum atomic E-state index is -5.25. The maximum absolute atomic E-state index is 12.6. The normalized spacial score (nSPS) is 18.3. The van der Waals surface area contributed by atoms with Crippen molar-refractivity contribution in [2.75, 3.05) is 39.4 Å². The molecule has 0 aromatic rings. The Morgan fingerprint density at radius 2 is 1.92 bits per heavy atom. The lowest BCUT2D eigenvalue weighted by Gasteiger charge is -2.32. The molecule has 1 aliphatic rings. The summed E-state index contributed by atoms with van der Waals surface area (Å²) >= 11 is 0. The largest absolute Gasteiger partial charge is 0.511 e. The molecule has 26 heavy (non-hydrogen) atoms. The van der Waals surface area contributed by atoms with Gasteiger partial charge in [-0.3, -0.25) is 4.99 Å². The number of alkyl halides is 3. The van der Waals surface area contributed by atoms with Gasteiger partial charge in [0.2, 0.25) is 0 Å². The predicted octanol–water partition coefficient (Wildman–Crippen LogP) is 1.53. The Hall–Kier alpha value is -1.07. The molecule has 0 amide bonds. The Bertz CT molecular complexity index is 545. The molecule has 0 bridgehead atoms. The van der Waals surface area contributed by atoms with Gasteiger partial charge in [0.1, 0.15) is 0 Å². The zero-order chi connectivity index (χ0) is 19.8. The Labute approximate surface area is 153 Å². The molecule has 154 valence electrons. The first-order valence-electron chi connectivity index (χ1n) is 8.77. The lowest BCUT2D eigenvalue weighted by Crippen LogP contribution is -2.51. The second kappa shape index (κ2) is 10.3. The van der Waals surface area contributed by atoms with E-state index in [1.807, 2.05) is 6.92 Å². The third-order valence-electron chi connectivity index (χ3n) is 3.73. The van der Waals surface area contributed by atoms with Gasteiger partial charge in [-0.05, 0) is 25.7 Å². The highest BCUT2D eigenvalue weighted by atomic mass is 32.2. The fourth-order valence-electron chi connectivity index (χ4n) is 2.44. The molecule has 1 heterocycles. The minimum Gasteiger partial charge on any atom is -0.379 e. The fraction of sp³-hybridized carbons (Fsp3) is 0.933. The van der Waals surface area contributed by atoms with Crippen LogP contribution in [-0.2, 0) is 14.8 Å². The number of nitrogens with one attached hydrogen (secondary N) is 2. The molecule has 1 rings (SSSR count). The summed E-state index contributed by atoms with van der Waals surface area (Å²) in [6.07, 6.45) is 0.563. The SMILES string of the molecule is CCNC(=NCCOCC(C)C)NC1CCN(S(=O)(=O)C(F)(F)F)CC1. The molecule has 0 atom stereocenters. The second-order valence-electron chi connectivity index (χ2n) is 6.50. The predicted molar refractivity (Wildman–Crippen MR) is 94.3 cm³/mol. The smallest absolute Gasteiger partial charge is 0.379 e. The summed E-state index contributed by atoms with van der Waals surface area (Å²) in [7, 11) is -5.25. The van der Waals surface area contributed by atoms with Crippen molar-refractivity contribution in [2.45, 2.75) is 45.2 Å². The average molecular weight is 402 g/mol. The summed E-state index contributed by atoms with van der Waals surface area (Å²) in [4.78, 5) is 4.37. The van der Waals surface area contributed by atoms with E-state index in [9.17, 15) is 21.6 Å². The molecule has 0 radical (unpaired) electrons. The molecule has 0 aromatic carbocycles. The summed E-state index contributed by atoms with van der Waals surface area (Å²) < 4.78 is 66.6. The summed E-state index contributed by atoms with van der Waals surface area (Å²) in [6.45, 7) is 7.92. The zero-order valence-corrected chi connectivity index (χ0v) is 16.3. The Morgan fingerprint density at radius 1 is 1.31 bits per heavy atom. The van der Waals surface area contributed by atoms with Crippen LogP contribution in [0.15, 0.2) is 4.99 Å². The number of hydrogen-bond donors (Lipinski definition) is 2. The van der Waals surface area contributed by atoms with Crippen LogP contribution in [0, 0.1) is 5.92 Å². The van der Waals surface area contributed by atoms with Gasteiger partial charge in [0.15, 0.2) is 5.96 Å². The molecule has 0 spiro atoms. The van der Waals surface area contributed by atoms with Gasteiger partial charge in [-0.2, -0.15) is 17.5 Å². The monoisotopic (exact) mass is 402 g/mol. The van der Waals surface area contributed by atoms with E-state index in [2.05, 4.69) is 29.5 Å². The van der Waals surface area contributed by atoms with E-state index in [1.165, 1.54) is 0 Å². The van der Waals surface area contributed by atoms with E-state index in [-0.39, 0.29) is 32.0 Å². The number of piperidine rings is 1. The summed E-state index contributed by atoms with van der Waals surface area (Å²) in [6, 6.07) is -0.135. The third-order valence-corrected chi connectivity index (χ3v) is 5.36. The number of halogens is 3. The molecule has 7 nitrogen and oxygen atoms in total. The summed E-state index contributed by atoms with van der Waals surface area (Å²) in [5.41, 5.74) is -5.25. The number of sulfonamides is 1. The molecule has 2 N–H and O–H groups in total. The van der Waals surface area contributed by atoms with E-state index >= 15 is 0 Å². The first-order chi connectivity index (χ1) is 12.1. The first-order valence-corrected chi connectivity index (χ1v) is 10.2. The molecular formula is C15H29F3N4O3S. The molecule has 0 aromatic heterocycles. The molecule has 0 saturated carbocycles. The maximum atomic E-state index is 12.6. The van der Waals surface area contributed by atoms with E-state index < -0.39 is 15.5 Å². The first kappa shape index (κ1) is 23.0. The number of aliphatic imine (C=N–C) groups is 1. The summed E-state index contributed by atoms with van der Waals surface area (Å²) in [5, 5.41) is 6.21. The van der Waals surface area contributed by atoms with Crippen LogP contribution in [-0.4, -0.2) is 69.6 Å². The van der Waals surface area contributed by atoms with E-state index in [4.69, 9.17) is 4.74 Å². The van der Waals surface area contributed by atoms with Crippen LogP contribution in [0.1, 0.15) is 33.6 Å². The average Bonchev–Trinajstić information content (AvgIpc) is 2.53. The van der Waals surface area contributed by atoms with Gasteiger partial charge in [-0.25, -0.2) is 8.42 Å². The summed E-state index contributed by atoms with van der Waals surface area (Å²) in [5.74, 6) is 1.00. The Morgan fingerprint density at radius 3 is 2.42 bits per heavy atom. The Kier molecular flexibility index (Phi) is 9.11. The van der Waals surface area contributed by atoms with Crippen molar-refractivity contribution in [2.24, 2.45) is 10.9 Å². The number of guanidine groups is 1. The van der Waals surface area contributed by atoms with Crippen LogP contribution in [0.4, 0.5) is 13.2 Å². The van der Waals surface area contributed by atoms with Crippen molar-refractivity contribution in [1.29, 1.82) is 0 Å². The number of nitrogens with zero attached hydrogens (tertiary/aromatic N) is 2. The lowest BCUT2D eigenvalue weighted by atomic mass is 10.1. The van der Waals surface area contributed by atoms with Crippen molar-refractivity contribution < 1.29 is 26.3 Å². The topological polar surface area (TPSA) is 83.0 Å². The van der Waals surface area contributed by atoms with Gasteiger partial charge in [0, 0.05) is 32.3 Å². The molecule has 0 unspecified atom stereocenters. The van der Waals surface area contributed by atoms with Gasteiger partial charge in [-0.1, -0.05) is 13.8 Å². The number of hydrogen-bond acceptors (Lipinski definition) is 4. The third kappa shape index (κ3) is 7.28. The van der Waals surface area contributed by atoms with Crippen molar-refractivity contribution in [1.82, 2.24) is 14.9 Å². The van der Waals surface area contributed by atoms with Gasteiger partial charge < -0.3 is 15.4 Å². The fourth-order valence-corrected chi connectivity index (χ4v) is 3.43. The van der Waals surface area contributed by atoms with E-state index in [1.54, 1.807) is 0 Å². The van der Waals surface area contributed by atoms with Crippen LogP contribution in [0.25, 0.3) is 0 Å². The lowest BCUT2D eigenvalue weighted by molar-refractivity contribution is -0.0494. The van der Waals surface area contributed by atoms with Crippen LogP contribution >= 0.6 is 0 Å². The van der Waals surface area contributed by atoms with Crippen molar-refractivity contribution >= 4 is 16.0 Å². The van der Waals surface area contributed by atoms with Gasteiger partial charge >= 0.3 is 15.5 Å². The molecule has 0 aliphatic carbocycles. The molecule has 1 fully saturated rings. The quantitative estimate of drug-likeness (QED) is 0.366. The van der Waals surface area contributed by atoms with Crippen LogP contribution in [0.2, 0.25) is 0 Å². The van der Waals surface area contributed by atoms with E-state index in [0.29, 0.717) is 42.5 Å². The Balaban J connectivity index is 2.49. The number of ether oxygens (including phenoxy) is 1. The van der Waals surface area contributed by atoms with Gasteiger partial charge in [0.05, 0.1) is 13.2 Å². The highest BCUT2D eigenvalue weighted by Crippen LogP contribution is 2.28. The molecular weight excluding hydrogens is 373 g/mol. The highest BCUT2D eigenvalue weighted by molar-refractivity contribution is 7.90. The van der Waals surface area contributed by atoms with Crippen molar-refractivity contribution in [3.05, 3.63) is 0 Å². The second-order valence-corrected chi connectivity index (χ2v) is 8.43. The van der Waals surface area contributed by atoms with Crippen molar-refractivity contribution in [3.8, 4) is 0 Å². The zero-order valence-electron chi connectivity index (χ0n) is 15.5. The van der Waals surface area contributed by atoms with Crippen LogP contribution in [0.3, 0.4) is 0 Å². The van der Waals surface area contributed by atoms with Gasteiger partial charge in [-0.15, -0.1) is 0 Å². The van der Waals surface area contributed by atoms with Crippen LogP contribution in [0.5, 0.6) is 0 Å². The standard InChI is InChI=1S/C15H29F3N4O3S/c1-4-19-14(20-7-10-25-11-12(2)3)21-13-5-8-22(9-6-13)26(23,24)15(16,17)18/h12-13H,4-11H2,1-3H3,(H2,19,20,21). The van der Waals surface area contributed by atoms with Crippen LogP contribution < -0.4 is 10.6 Å². The highest BCUT2D eigenvalue weighted by Gasteiger charge is 2.50. The molecule has 1 aliphatic heterocycles. The van der Waals surface area contributed by atoms with Gasteiger partial charge in [0.25, 0.3) is 0 Å². The minimum absolute atomic E-state index is 0.135. The maximum Gasteiger partial charge on any atom is 0.511 e. The van der Waals surface area contributed by atoms with Crippen molar-refractivity contribution in [3.63, 3.8) is 0 Å².